The zero-order valence-electron chi connectivity index (χ0n) is 19.1. The van der Waals surface area contributed by atoms with Crippen LogP contribution in [0.5, 0.6) is 0 Å². The molecule has 0 unspecified atom stereocenters. The van der Waals surface area contributed by atoms with Crippen LogP contribution in [0.15, 0.2) is 60.7 Å². The van der Waals surface area contributed by atoms with E-state index in [2.05, 4.69) is 17.2 Å². The van der Waals surface area contributed by atoms with Crippen molar-refractivity contribution in [1.82, 2.24) is 15.7 Å². The fourth-order valence-electron chi connectivity index (χ4n) is 3.06. The van der Waals surface area contributed by atoms with Gasteiger partial charge in [0.2, 0.25) is 0 Å². The lowest BCUT2D eigenvalue weighted by Gasteiger charge is -2.34. The number of nitrogens with one attached hydrogen (secondary N) is 2. The Morgan fingerprint density at radius 1 is 1.03 bits per heavy atom. The minimum atomic E-state index is -1.97. The van der Waals surface area contributed by atoms with E-state index in [4.69, 9.17) is 10.3 Å². The Bertz CT molecular complexity index is 1100. The van der Waals surface area contributed by atoms with Crippen LogP contribution in [0.25, 0.3) is 0 Å². The summed E-state index contributed by atoms with van der Waals surface area (Å²) in [5.74, 6) is 3.56. The van der Waals surface area contributed by atoms with Crippen molar-refractivity contribution in [2.24, 2.45) is 0 Å². The van der Waals surface area contributed by atoms with Gasteiger partial charge in [0.05, 0.1) is 12.7 Å². The number of rotatable bonds is 7. The first-order valence-corrected chi connectivity index (χ1v) is 10.3. The van der Waals surface area contributed by atoms with Crippen LogP contribution in [-0.2, 0) is 9.59 Å². The highest BCUT2D eigenvalue weighted by molar-refractivity contribution is 6.12. The molecule has 0 aliphatic carbocycles. The van der Waals surface area contributed by atoms with Gasteiger partial charge in [0, 0.05) is 30.8 Å². The third-order valence-electron chi connectivity index (χ3n) is 5.35. The molecular formula is C25H27N3O6. The van der Waals surface area contributed by atoms with Crippen LogP contribution in [0.4, 0.5) is 0 Å². The van der Waals surface area contributed by atoms with Crippen molar-refractivity contribution in [3.63, 3.8) is 0 Å². The van der Waals surface area contributed by atoms with E-state index in [0.29, 0.717) is 11.1 Å². The summed E-state index contributed by atoms with van der Waals surface area (Å²) in [7, 11) is 2.61. The molecule has 0 radical (unpaired) electrons. The Hall–Kier alpha value is -3.97. The van der Waals surface area contributed by atoms with Crippen LogP contribution in [0.1, 0.15) is 40.1 Å². The van der Waals surface area contributed by atoms with Crippen LogP contribution in [-0.4, -0.2) is 64.3 Å². The summed E-state index contributed by atoms with van der Waals surface area (Å²) in [5, 5.41) is 30.1. The first-order chi connectivity index (χ1) is 16.2. The maximum Gasteiger partial charge on any atom is 0.278 e. The third kappa shape index (κ3) is 5.88. The molecule has 178 valence electrons. The molecule has 3 amide bonds. The molecule has 0 aliphatic heterocycles. The highest BCUT2D eigenvalue weighted by Gasteiger charge is 2.47. The van der Waals surface area contributed by atoms with E-state index in [0.717, 1.165) is 10.5 Å². The lowest BCUT2D eigenvalue weighted by atomic mass is 9.96. The van der Waals surface area contributed by atoms with Gasteiger partial charge in [-0.3, -0.25) is 19.6 Å². The molecule has 0 heterocycles. The normalized spacial score (nSPS) is 13.2. The molecule has 2 rings (SSSR count). The van der Waals surface area contributed by atoms with Gasteiger partial charge in [0.15, 0.2) is 5.54 Å². The monoisotopic (exact) mass is 465 g/mol. The quantitative estimate of drug-likeness (QED) is 0.134. The minimum absolute atomic E-state index is 0.146. The molecule has 2 aromatic carbocycles. The summed E-state index contributed by atoms with van der Waals surface area (Å²) in [4.78, 5) is 38.2. The van der Waals surface area contributed by atoms with Gasteiger partial charge in [-0.1, -0.05) is 36.1 Å². The van der Waals surface area contributed by atoms with Crippen molar-refractivity contribution in [2.45, 2.75) is 18.6 Å². The number of likely N-dealkylation sites (N-methyl/N-ethyl adjacent to an activating group) is 2. The Morgan fingerprint density at radius 2 is 1.56 bits per heavy atom. The first kappa shape index (κ1) is 26.3. The summed E-state index contributed by atoms with van der Waals surface area (Å²) in [6, 6.07) is 13.3. The third-order valence-corrected chi connectivity index (χ3v) is 5.35. The van der Waals surface area contributed by atoms with E-state index < -0.39 is 29.4 Å². The Kier molecular flexibility index (Phi) is 9.10. The van der Waals surface area contributed by atoms with Crippen molar-refractivity contribution < 1.29 is 29.8 Å². The van der Waals surface area contributed by atoms with Crippen molar-refractivity contribution in [3.05, 3.63) is 82.9 Å². The van der Waals surface area contributed by atoms with Gasteiger partial charge in [-0.2, -0.15) is 0 Å². The highest BCUT2D eigenvalue weighted by Crippen LogP contribution is 2.18. The smallest absolute Gasteiger partial charge is 0.278 e. The molecule has 0 aliphatic rings. The zero-order chi connectivity index (χ0) is 25.3. The number of carbonyl (C=O) groups excluding carboxylic acids is 3. The maximum absolute atomic E-state index is 12.9. The van der Waals surface area contributed by atoms with Gasteiger partial charge < -0.3 is 20.4 Å². The second kappa shape index (κ2) is 11.8. The van der Waals surface area contributed by atoms with Crippen LogP contribution < -0.4 is 10.8 Å². The van der Waals surface area contributed by atoms with Gasteiger partial charge in [0.25, 0.3) is 17.7 Å². The van der Waals surface area contributed by atoms with Crippen LogP contribution >= 0.6 is 0 Å². The van der Waals surface area contributed by atoms with E-state index >= 15 is 0 Å². The fourth-order valence-corrected chi connectivity index (χ4v) is 3.06. The molecule has 2 atom stereocenters. The molecule has 9 heteroatoms. The highest BCUT2D eigenvalue weighted by atomic mass is 16.5. The Morgan fingerprint density at radius 3 is 2.03 bits per heavy atom. The largest absolute Gasteiger partial charge is 0.392 e. The van der Waals surface area contributed by atoms with Gasteiger partial charge in [-0.25, -0.2) is 5.48 Å². The molecule has 0 aromatic heterocycles. The SMILES string of the molecule is CNC(=O)[C@@](C)(C(=O)NO)N(C)C(=O)c1ccc(C#Cc2ccc([C@H](O)/C=C/CO)cc2)cc1. The Balaban J connectivity index is 2.17. The number of amides is 3. The van der Waals surface area contributed by atoms with Crippen molar-refractivity contribution in [1.29, 1.82) is 0 Å². The van der Waals surface area contributed by atoms with Crippen molar-refractivity contribution in [2.75, 3.05) is 20.7 Å². The summed E-state index contributed by atoms with van der Waals surface area (Å²) in [5.41, 5.74) is 1.71. The summed E-state index contributed by atoms with van der Waals surface area (Å²) in [6.45, 7) is 1.08. The van der Waals surface area contributed by atoms with E-state index in [1.165, 1.54) is 50.8 Å². The fraction of sp³-hybridized carbons (Fsp3) is 0.240. The maximum atomic E-state index is 12.9. The lowest BCUT2D eigenvalue weighted by molar-refractivity contribution is -0.148. The number of carbonyl (C=O) groups is 3. The van der Waals surface area contributed by atoms with Crippen molar-refractivity contribution >= 4 is 17.7 Å². The molecule has 0 fully saturated rings. The van der Waals surface area contributed by atoms with Crippen LogP contribution in [0.2, 0.25) is 0 Å². The lowest BCUT2D eigenvalue weighted by Crippen LogP contribution is -2.64. The molecule has 34 heavy (non-hydrogen) atoms. The van der Waals surface area contributed by atoms with Crippen LogP contribution in [0, 0.1) is 11.8 Å². The minimum Gasteiger partial charge on any atom is -0.392 e. The van der Waals surface area contributed by atoms with Gasteiger partial charge >= 0.3 is 0 Å². The second-order valence-corrected chi connectivity index (χ2v) is 7.46. The molecule has 5 N–H and O–H groups in total. The molecular weight excluding hydrogens is 438 g/mol. The first-order valence-electron chi connectivity index (χ1n) is 10.3. The number of hydroxylamine groups is 1. The summed E-state index contributed by atoms with van der Waals surface area (Å²) < 4.78 is 0. The molecule has 0 bridgehead atoms. The second-order valence-electron chi connectivity index (χ2n) is 7.46. The number of hydrogen-bond acceptors (Lipinski definition) is 6. The number of nitrogens with zero attached hydrogens (tertiary/aromatic N) is 1. The predicted molar refractivity (Wildman–Crippen MR) is 125 cm³/mol. The van der Waals surface area contributed by atoms with Crippen molar-refractivity contribution in [3.8, 4) is 11.8 Å². The van der Waals surface area contributed by atoms with E-state index in [1.54, 1.807) is 36.4 Å². The van der Waals surface area contributed by atoms with Crippen LogP contribution in [0.3, 0.4) is 0 Å². The van der Waals surface area contributed by atoms with Gasteiger partial charge in [0.1, 0.15) is 0 Å². The zero-order valence-corrected chi connectivity index (χ0v) is 19.1. The van der Waals surface area contributed by atoms with E-state index in [9.17, 15) is 19.5 Å². The molecule has 0 spiro atoms. The molecule has 2 aromatic rings. The topological polar surface area (TPSA) is 139 Å². The molecule has 9 nitrogen and oxygen atoms in total. The van der Waals surface area contributed by atoms with E-state index in [-0.39, 0.29) is 12.2 Å². The summed E-state index contributed by atoms with van der Waals surface area (Å²) >= 11 is 0. The number of benzene rings is 2. The number of hydrogen-bond donors (Lipinski definition) is 5. The predicted octanol–water partition coefficient (Wildman–Crippen LogP) is 0.750. The molecule has 0 saturated carbocycles. The average molecular weight is 466 g/mol. The van der Waals surface area contributed by atoms with Gasteiger partial charge in [-0.05, 0) is 48.9 Å². The average Bonchev–Trinajstić information content (AvgIpc) is 2.88. The number of aliphatic hydroxyl groups excluding tert-OH is 2. The summed E-state index contributed by atoms with van der Waals surface area (Å²) in [6.07, 6.45) is 2.14. The molecule has 0 saturated heterocycles. The number of aliphatic hydroxyl groups is 2. The standard InChI is InChI=1S/C25H27N3O6/c1-25(23(32)26-2,24(33)27-34)28(3)22(31)20-14-10-18(11-15-20)7-6-17-8-12-19(13-9-17)21(30)5-4-16-29/h4-5,8-15,21,29-30,34H,16H2,1-3H3,(H,26,32)(H,27,33)/b5-4+/t21-,25+/m1/s1. The van der Waals surface area contributed by atoms with Gasteiger partial charge in [-0.15, -0.1) is 0 Å². The Labute approximate surface area is 197 Å². The van der Waals surface area contributed by atoms with E-state index in [1.807, 2.05) is 0 Å².